The predicted octanol–water partition coefficient (Wildman–Crippen LogP) is 0.892. The highest BCUT2D eigenvalue weighted by atomic mass is 32.2. The first-order valence-corrected chi connectivity index (χ1v) is 14.0. The number of nitrogens with one attached hydrogen (secondary N) is 2. The molecule has 2 amide bonds. The molecule has 2 saturated heterocycles. The van der Waals surface area contributed by atoms with Crippen molar-refractivity contribution in [3.05, 3.63) is 60.2 Å². The van der Waals surface area contributed by atoms with E-state index in [1.54, 1.807) is 11.9 Å². The number of carbonyl (C=O) groups excluding carboxylic acids is 4. The molecule has 0 spiro atoms. The van der Waals surface area contributed by atoms with E-state index in [0.29, 0.717) is 17.9 Å². The van der Waals surface area contributed by atoms with Gasteiger partial charge in [0.15, 0.2) is 0 Å². The highest BCUT2D eigenvalue weighted by Gasteiger charge is 2.48. The minimum absolute atomic E-state index is 0.0673. The van der Waals surface area contributed by atoms with Crippen molar-refractivity contribution in [3.63, 3.8) is 0 Å². The smallest absolute Gasteiger partial charge is 0.497 e. The Bertz CT molecular complexity index is 1150. The summed E-state index contributed by atoms with van der Waals surface area (Å²) in [4.78, 5) is 62.2. The van der Waals surface area contributed by atoms with Gasteiger partial charge in [0.25, 0.3) is 5.91 Å². The van der Waals surface area contributed by atoms with E-state index in [0.717, 1.165) is 5.56 Å². The van der Waals surface area contributed by atoms with Crippen molar-refractivity contribution >= 4 is 42.6 Å². The van der Waals surface area contributed by atoms with Crippen LogP contribution in [0, 0.1) is 5.92 Å². The molecule has 4 atom stereocenters. The van der Waals surface area contributed by atoms with Gasteiger partial charge in [0, 0.05) is 30.3 Å². The summed E-state index contributed by atoms with van der Waals surface area (Å²) in [5.74, 6) is -1.84. The molecule has 4 rings (SSSR count). The fraction of sp³-hybridized carbons (Fsp3) is 0.462. The van der Waals surface area contributed by atoms with Gasteiger partial charge in [0.2, 0.25) is 5.91 Å². The molecule has 0 unspecified atom stereocenters. The third-order valence-corrected chi connectivity index (χ3v) is 7.73. The van der Waals surface area contributed by atoms with Crippen LogP contribution in [0.15, 0.2) is 48.9 Å². The number of benzene rings is 1. The number of hydrogen-bond acceptors (Lipinski definition) is 10. The third kappa shape index (κ3) is 7.36. The highest BCUT2D eigenvalue weighted by Crippen LogP contribution is 2.26. The number of rotatable bonds is 9. The van der Waals surface area contributed by atoms with Crippen molar-refractivity contribution in [2.75, 3.05) is 18.6 Å². The van der Waals surface area contributed by atoms with Gasteiger partial charge >= 0.3 is 19.1 Å². The topological polar surface area (TPSA) is 140 Å². The maximum absolute atomic E-state index is 13.7. The number of amides is 2. The number of aromatic nitrogens is 2. The van der Waals surface area contributed by atoms with Crippen LogP contribution in [0.2, 0.25) is 0 Å². The lowest BCUT2D eigenvalue weighted by Gasteiger charge is -2.40. The second-order valence-corrected chi connectivity index (χ2v) is 11.1. The molecule has 13 heteroatoms. The largest absolute Gasteiger partial charge is 0.622 e. The zero-order valence-corrected chi connectivity index (χ0v) is 22.9. The zero-order valence-electron chi connectivity index (χ0n) is 22.1. The molecule has 1 aromatic carbocycles. The fourth-order valence-corrected chi connectivity index (χ4v) is 5.85. The summed E-state index contributed by atoms with van der Waals surface area (Å²) in [5, 5.41) is 5.64. The number of likely N-dealkylation sites (N-methyl/N-ethyl adjacent to an activating group) is 1. The Kier molecular flexibility index (Phi) is 9.57. The van der Waals surface area contributed by atoms with E-state index in [1.165, 1.54) is 30.4 Å². The lowest BCUT2D eigenvalue weighted by Crippen LogP contribution is -2.63. The van der Waals surface area contributed by atoms with Crippen LogP contribution in [0.3, 0.4) is 0 Å². The van der Waals surface area contributed by atoms with E-state index in [-0.39, 0.29) is 18.0 Å². The molecule has 2 fully saturated rings. The Labute approximate surface area is 232 Å². The SMILES string of the molecule is CC(C)C[C@H](NC(=O)[C@H](Cc1ccccc1)NC(=O)c1cnccn1)B1OC(=O)[C@H]2CSC[C@H](C(=O)O1)N2C. The monoisotopic (exact) mass is 553 g/mol. The first-order chi connectivity index (χ1) is 18.7. The third-order valence-electron chi connectivity index (χ3n) is 6.63. The van der Waals surface area contributed by atoms with E-state index in [2.05, 4.69) is 20.6 Å². The summed E-state index contributed by atoms with van der Waals surface area (Å²) in [6, 6.07) is 7.09. The van der Waals surface area contributed by atoms with Crippen LogP contribution in [0.5, 0.6) is 0 Å². The molecule has 39 heavy (non-hydrogen) atoms. The predicted molar refractivity (Wildman–Crippen MR) is 145 cm³/mol. The second-order valence-electron chi connectivity index (χ2n) is 10.0. The molecule has 2 aromatic rings. The maximum Gasteiger partial charge on any atom is 0.622 e. The molecule has 2 aliphatic rings. The Balaban J connectivity index is 1.56. The average Bonchev–Trinajstić information content (AvgIpc) is 2.92. The Morgan fingerprint density at radius 2 is 1.74 bits per heavy atom. The lowest BCUT2D eigenvalue weighted by molar-refractivity contribution is -0.153. The van der Waals surface area contributed by atoms with Crippen molar-refractivity contribution < 1.29 is 28.5 Å². The lowest BCUT2D eigenvalue weighted by atomic mass is 9.73. The Hall–Kier alpha value is -3.45. The molecular weight excluding hydrogens is 521 g/mol. The molecule has 2 bridgehead atoms. The van der Waals surface area contributed by atoms with Crippen molar-refractivity contribution in [3.8, 4) is 0 Å². The number of hydrogen-bond donors (Lipinski definition) is 2. The van der Waals surface area contributed by atoms with Gasteiger partial charge in [-0.3, -0.25) is 29.1 Å². The summed E-state index contributed by atoms with van der Waals surface area (Å²) in [6.45, 7) is 3.89. The summed E-state index contributed by atoms with van der Waals surface area (Å²) < 4.78 is 11.3. The van der Waals surface area contributed by atoms with Gasteiger partial charge < -0.3 is 19.9 Å². The van der Waals surface area contributed by atoms with Gasteiger partial charge in [-0.05, 0) is 24.9 Å². The molecule has 3 heterocycles. The molecule has 2 N–H and O–H groups in total. The van der Waals surface area contributed by atoms with Gasteiger partial charge in [-0.2, -0.15) is 11.8 Å². The summed E-state index contributed by atoms with van der Waals surface area (Å²) in [7, 11) is 0.408. The molecule has 0 radical (unpaired) electrons. The van der Waals surface area contributed by atoms with E-state index >= 15 is 0 Å². The van der Waals surface area contributed by atoms with E-state index in [1.807, 2.05) is 44.2 Å². The van der Waals surface area contributed by atoms with Gasteiger partial charge in [-0.25, -0.2) is 4.98 Å². The Morgan fingerprint density at radius 3 is 2.33 bits per heavy atom. The van der Waals surface area contributed by atoms with E-state index < -0.39 is 54.9 Å². The van der Waals surface area contributed by atoms with Crippen LogP contribution in [0.4, 0.5) is 0 Å². The van der Waals surface area contributed by atoms with Crippen LogP contribution in [-0.4, -0.2) is 88.4 Å². The van der Waals surface area contributed by atoms with Crippen LogP contribution in [0.1, 0.15) is 36.3 Å². The molecule has 2 aliphatic heterocycles. The van der Waals surface area contributed by atoms with Gasteiger partial charge in [-0.15, -0.1) is 0 Å². The van der Waals surface area contributed by atoms with Gasteiger partial charge in [0.05, 0.1) is 12.1 Å². The summed E-state index contributed by atoms with van der Waals surface area (Å²) in [5.41, 5.74) is 0.896. The number of carbonyl (C=O) groups is 4. The van der Waals surface area contributed by atoms with Crippen LogP contribution in [0.25, 0.3) is 0 Å². The molecule has 0 saturated carbocycles. The summed E-state index contributed by atoms with van der Waals surface area (Å²) in [6.07, 6.45) is 4.72. The van der Waals surface area contributed by atoms with Gasteiger partial charge in [0.1, 0.15) is 23.8 Å². The normalized spacial score (nSPS) is 21.2. The maximum atomic E-state index is 13.7. The highest BCUT2D eigenvalue weighted by molar-refractivity contribution is 7.99. The van der Waals surface area contributed by atoms with Crippen LogP contribution < -0.4 is 10.6 Å². The molecule has 1 aromatic heterocycles. The van der Waals surface area contributed by atoms with Crippen molar-refractivity contribution in [1.29, 1.82) is 0 Å². The summed E-state index contributed by atoms with van der Waals surface area (Å²) >= 11 is 1.50. The fourth-order valence-electron chi connectivity index (χ4n) is 4.52. The molecular formula is C26H32BN5O6S. The average molecular weight is 553 g/mol. The van der Waals surface area contributed by atoms with Crippen LogP contribution >= 0.6 is 11.8 Å². The van der Waals surface area contributed by atoms with Gasteiger partial charge in [-0.1, -0.05) is 44.2 Å². The number of fused-ring (bicyclic) bond motifs is 2. The number of nitrogens with zero attached hydrogens (tertiary/aromatic N) is 3. The van der Waals surface area contributed by atoms with Crippen molar-refractivity contribution in [2.45, 2.75) is 50.8 Å². The minimum Gasteiger partial charge on any atom is -0.497 e. The van der Waals surface area contributed by atoms with Crippen molar-refractivity contribution in [1.82, 2.24) is 25.5 Å². The number of thioether (sulfide) groups is 1. The zero-order chi connectivity index (χ0) is 27.9. The second kappa shape index (κ2) is 13.1. The first-order valence-electron chi connectivity index (χ1n) is 12.8. The van der Waals surface area contributed by atoms with Crippen LogP contribution in [-0.2, 0) is 30.1 Å². The quantitative estimate of drug-likeness (QED) is 0.431. The minimum atomic E-state index is -1.30. The molecule has 206 valence electrons. The molecule has 0 aliphatic carbocycles. The first kappa shape index (κ1) is 28.6. The Morgan fingerprint density at radius 1 is 1.08 bits per heavy atom. The standard InChI is InChI=1S/C26H32BN5O6S/c1-16(2)11-22(27-37-25(35)20-14-39-15-21(32(20)3)26(36)38-27)31-23(33)18(12-17-7-5-4-6-8-17)30-24(34)19-13-28-9-10-29-19/h4-10,13,16,18,20-22H,11-12,14-15H2,1-3H3,(H,30,34)(H,31,33)/t18-,20+,21+,22-/m0/s1. The van der Waals surface area contributed by atoms with E-state index in [4.69, 9.17) is 9.31 Å². The van der Waals surface area contributed by atoms with E-state index in [9.17, 15) is 19.2 Å². The molecule has 11 nitrogen and oxygen atoms in total. The van der Waals surface area contributed by atoms with Crippen molar-refractivity contribution in [2.24, 2.45) is 5.92 Å².